The van der Waals surface area contributed by atoms with Gasteiger partial charge < -0.3 is 5.73 Å². The highest BCUT2D eigenvalue weighted by molar-refractivity contribution is 5.24. The van der Waals surface area contributed by atoms with Crippen molar-refractivity contribution in [3.05, 3.63) is 29.1 Å². The summed E-state index contributed by atoms with van der Waals surface area (Å²) >= 11 is 0. The van der Waals surface area contributed by atoms with Crippen molar-refractivity contribution in [1.29, 1.82) is 0 Å². The lowest BCUT2D eigenvalue weighted by molar-refractivity contribution is 0.777. The Bertz CT molecular complexity index is 254. The van der Waals surface area contributed by atoms with Crippen molar-refractivity contribution in [3.63, 3.8) is 0 Å². The van der Waals surface area contributed by atoms with Crippen LogP contribution in [-0.4, -0.2) is 4.98 Å². The number of hydrogen-bond donors (Lipinski definition) is 1. The number of hydrogen-bond acceptors (Lipinski definition) is 2. The molecule has 11 heavy (non-hydrogen) atoms. The van der Waals surface area contributed by atoms with E-state index in [4.69, 9.17) is 5.73 Å². The molecule has 1 aromatic heterocycles. The molecular formula is C9H14N2. The van der Waals surface area contributed by atoms with Gasteiger partial charge in [-0.2, -0.15) is 0 Å². The SMILES string of the molecule is Cc1cnc([C@@H](C)N)cc1C. The van der Waals surface area contributed by atoms with E-state index < -0.39 is 0 Å². The summed E-state index contributed by atoms with van der Waals surface area (Å²) in [7, 11) is 0. The Balaban J connectivity index is 3.05. The van der Waals surface area contributed by atoms with E-state index in [1.807, 2.05) is 26.1 Å². The lowest BCUT2D eigenvalue weighted by Gasteiger charge is -2.06. The maximum atomic E-state index is 5.67. The van der Waals surface area contributed by atoms with Gasteiger partial charge in [-0.25, -0.2) is 0 Å². The summed E-state index contributed by atoms with van der Waals surface area (Å²) in [5, 5.41) is 0. The Hall–Kier alpha value is -0.890. The van der Waals surface area contributed by atoms with Gasteiger partial charge in [0.25, 0.3) is 0 Å². The fraction of sp³-hybridized carbons (Fsp3) is 0.444. The first-order chi connectivity index (χ1) is 5.11. The van der Waals surface area contributed by atoms with Gasteiger partial charge in [-0.05, 0) is 38.0 Å². The summed E-state index contributed by atoms with van der Waals surface area (Å²) in [4.78, 5) is 4.21. The third-order valence-electron chi connectivity index (χ3n) is 1.86. The molecule has 60 valence electrons. The van der Waals surface area contributed by atoms with Crippen molar-refractivity contribution in [2.45, 2.75) is 26.8 Å². The monoisotopic (exact) mass is 150 g/mol. The number of nitrogens with two attached hydrogens (primary N) is 1. The highest BCUT2D eigenvalue weighted by Crippen LogP contribution is 2.10. The summed E-state index contributed by atoms with van der Waals surface area (Å²) in [6, 6.07) is 2.08. The molecule has 2 nitrogen and oxygen atoms in total. The molecule has 0 fully saturated rings. The minimum Gasteiger partial charge on any atom is -0.323 e. The highest BCUT2D eigenvalue weighted by atomic mass is 14.8. The molecule has 0 saturated carbocycles. The number of nitrogens with zero attached hydrogens (tertiary/aromatic N) is 1. The average Bonchev–Trinajstić information content (AvgIpc) is 1.94. The molecule has 0 aliphatic rings. The summed E-state index contributed by atoms with van der Waals surface area (Å²) < 4.78 is 0. The standard InChI is InChI=1S/C9H14N2/c1-6-4-9(8(3)10)11-5-7(6)2/h4-5,8H,10H2,1-3H3/t8-/m1/s1. The molecule has 0 aliphatic carbocycles. The largest absolute Gasteiger partial charge is 0.323 e. The van der Waals surface area contributed by atoms with Crippen LogP contribution in [0.2, 0.25) is 0 Å². The van der Waals surface area contributed by atoms with Gasteiger partial charge in [-0.1, -0.05) is 0 Å². The van der Waals surface area contributed by atoms with Crippen LogP contribution in [0.4, 0.5) is 0 Å². The molecule has 0 unspecified atom stereocenters. The van der Waals surface area contributed by atoms with Crippen LogP contribution >= 0.6 is 0 Å². The highest BCUT2D eigenvalue weighted by Gasteiger charge is 2.01. The van der Waals surface area contributed by atoms with E-state index in [1.165, 1.54) is 11.1 Å². The third kappa shape index (κ3) is 1.77. The number of aryl methyl sites for hydroxylation is 2. The number of aromatic nitrogens is 1. The van der Waals surface area contributed by atoms with Gasteiger partial charge in [0.15, 0.2) is 0 Å². The Morgan fingerprint density at radius 2 is 2.00 bits per heavy atom. The third-order valence-corrected chi connectivity index (χ3v) is 1.86. The zero-order valence-electron chi connectivity index (χ0n) is 7.26. The van der Waals surface area contributed by atoms with Crippen molar-refractivity contribution in [2.24, 2.45) is 5.73 Å². The fourth-order valence-corrected chi connectivity index (χ4v) is 0.895. The zero-order valence-corrected chi connectivity index (χ0v) is 7.26. The molecule has 0 spiro atoms. The van der Waals surface area contributed by atoms with Crippen LogP contribution in [0, 0.1) is 13.8 Å². The second kappa shape index (κ2) is 3.01. The lowest BCUT2D eigenvalue weighted by Crippen LogP contribution is -2.07. The first-order valence-corrected chi connectivity index (χ1v) is 3.80. The molecule has 1 heterocycles. The molecule has 0 saturated heterocycles. The van der Waals surface area contributed by atoms with E-state index >= 15 is 0 Å². The quantitative estimate of drug-likeness (QED) is 0.662. The van der Waals surface area contributed by atoms with Gasteiger partial charge in [0.1, 0.15) is 0 Å². The summed E-state index contributed by atoms with van der Waals surface area (Å²) in [6.45, 7) is 6.06. The van der Waals surface area contributed by atoms with Crippen LogP contribution in [0.5, 0.6) is 0 Å². The fourth-order valence-electron chi connectivity index (χ4n) is 0.895. The Labute approximate surface area is 67.5 Å². The molecule has 0 radical (unpaired) electrons. The van der Waals surface area contributed by atoms with Gasteiger partial charge in [0, 0.05) is 12.2 Å². The first-order valence-electron chi connectivity index (χ1n) is 3.80. The molecule has 0 bridgehead atoms. The van der Waals surface area contributed by atoms with Crippen LogP contribution in [0.25, 0.3) is 0 Å². The number of rotatable bonds is 1. The van der Waals surface area contributed by atoms with Gasteiger partial charge in [0.2, 0.25) is 0 Å². The minimum absolute atomic E-state index is 0.0364. The van der Waals surface area contributed by atoms with Crippen molar-refractivity contribution in [2.75, 3.05) is 0 Å². The van der Waals surface area contributed by atoms with E-state index in [0.717, 1.165) is 5.69 Å². The minimum atomic E-state index is 0.0364. The second-order valence-electron chi connectivity index (χ2n) is 2.98. The van der Waals surface area contributed by atoms with Crippen LogP contribution in [0.3, 0.4) is 0 Å². The lowest BCUT2D eigenvalue weighted by atomic mass is 10.1. The normalized spacial score (nSPS) is 13.1. The smallest absolute Gasteiger partial charge is 0.0570 e. The van der Waals surface area contributed by atoms with E-state index in [9.17, 15) is 0 Å². The van der Waals surface area contributed by atoms with Crippen LogP contribution in [0.15, 0.2) is 12.3 Å². The Morgan fingerprint density at radius 1 is 1.36 bits per heavy atom. The van der Waals surface area contributed by atoms with Crippen LogP contribution in [-0.2, 0) is 0 Å². The van der Waals surface area contributed by atoms with E-state index in [2.05, 4.69) is 11.9 Å². The second-order valence-corrected chi connectivity index (χ2v) is 2.98. The Kier molecular flexibility index (Phi) is 2.25. The molecular weight excluding hydrogens is 136 g/mol. The maximum Gasteiger partial charge on any atom is 0.0570 e. The summed E-state index contributed by atoms with van der Waals surface area (Å²) in [5.74, 6) is 0. The molecule has 1 aromatic rings. The van der Waals surface area contributed by atoms with Crippen molar-refractivity contribution in [3.8, 4) is 0 Å². The van der Waals surface area contributed by atoms with Gasteiger partial charge >= 0.3 is 0 Å². The van der Waals surface area contributed by atoms with Gasteiger partial charge in [-0.15, -0.1) is 0 Å². The average molecular weight is 150 g/mol. The van der Waals surface area contributed by atoms with Gasteiger partial charge in [-0.3, -0.25) is 4.98 Å². The van der Waals surface area contributed by atoms with Gasteiger partial charge in [0.05, 0.1) is 5.69 Å². The molecule has 0 amide bonds. The topological polar surface area (TPSA) is 38.9 Å². The Morgan fingerprint density at radius 3 is 2.45 bits per heavy atom. The molecule has 0 aliphatic heterocycles. The molecule has 2 heteroatoms. The van der Waals surface area contributed by atoms with E-state index in [-0.39, 0.29) is 6.04 Å². The summed E-state index contributed by atoms with van der Waals surface area (Å²) in [6.07, 6.45) is 1.87. The molecule has 2 N–H and O–H groups in total. The maximum absolute atomic E-state index is 5.67. The first kappa shape index (κ1) is 8.21. The van der Waals surface area contributed by atoms with Crippen molar-refractivity contribution in [1.82, 2.24) is 4.98 Å². The van der Waals surface area contributed by atoms with Crippen LogP contribution < -0.4 is 5.73 Å². The predicted molar refractivity (Wildman–Crippen MR) is 46.3 cm³/mol. The predicted octanol–water partition coefficient (Wildman–Crippen LogP) is 1.72. The molecule has 0 aromatic carbocycles. The van der Waals surface area contributed by atoms with E-state index in [1.54, 1.807) is 0 Å². The van der Waals surface area contributed by atoms with E-state index in [0.29, 0.717) is 0 Å². The summed E-state index contributed by atoms with van der Waals surface area (Å²) in [5.41, 5.74) is 9.11. The van der Waals surface area contributed by atoms with Crippen molar-refractivity contribution < 1.29 is 0 Å². The molecule has 1 rings (SSSR count). The van der Waals surface area contributed by atoms with Crippen molar-refractivity contribution >= 4 is 0 Å². The zero-order chi connectivity index (χ0) is 8.43. The number of pyridine rings is 1. The van der Waals surface area contributed by atoms with Crippen LogP contribution in [0.1, 0.15) is 29.8 Å². The molecule has 1 atom stereocenters.